The molecular formula is C10H20ClNO3. The number of hydrogen-bond donors (Lipinski definition) is 1. The number of carbonyl (C=O) groups is 1. The molecule has 0 amide bonds. The Labute approximate surface area is 97.0 Å². The first-order valence-electron chi connectivity index (χ1n) is 5.30. The van der Waals surface area contributed by atoms with Crippen LogP contribution in [0.15, 0.2) is 0 Å². The standard InChI is InChI=1S/C10H19NO3.ClH/c1-2-14-8-7-11-6-4-3-5-9(11)10(12)13;/h9H,2-8H2,1H3,(H,12,13);1H. The molecule has 1 atom stereocenters. The number of ether oxygens (including phenoxy) is 1. The van der Waals surface area contributed by atoms with E-state index in [1.807, 2.05) is 11.8 Å². The Morgan fingerprint density at radius 2 is 2.27 bits per heavy atom. The van der Waals surface area contributed by atoms with Crippen LogP contribution in [0.4, 0.5) is 0 Å². The smallest absolute Gasteiger partial charge is 0.320 e. The van der Waals surface area contributed by atoms with E-state index in [4.69, 9.17) is 9.84 Å². The van der Waals surface area contributed by atoms with Gasteiger partial charge in [0.2, 0.25) is 0 Å². The fourth-order valence-corrected chi connectivity index (χ4v) is 1.86. The van der Waals surface area contributed by atoms with E-state index >= 15 is 0 Å². The zero-order valence-corrected chi connectivity index (χ0v) is 9.96. The molecule has 0 aromatic carbocycles. The molecule has 1 unspecified atom stereocenters. The number of nitrogens with zero attached hydrogens (tertiary/aromatic N) is 1. The van der Waals surface area contributed by atoms with Crippen LogP contribution in [0.5, 0.6) is 0 Å². The summed E-state index contributed by atoms with van der Waals surface area (Å²) in [6.45, 7) is 4.92. The highest BCUT2D eigenvalue weighted by atomic mass is 35.5. The first kappa shape index (κ1) is 14.7. The van der Waals surface area contributed by atoms with Gasteiger partial charge in [0.15, 0.2) is 0 Å². The average Bonchev–Trinajstić information content (AvgIpc) is 2.19. The van der Waals surface area contributed by atoms with E-state index in [9.17, 15) is 4.79 Å². The van der Waals surface area contributed by atoms with Gasteiger partial charge < -0.3 is 9.84 Å². The van der Waals surface area contributed by atoms with Crippen LogP contribution < -0.4 is 0 Å². The van der Waals surface area contributed by atoms with E-state index in [0.717, 1.165) is 32.4 Å². The molecule has 0 radical (unpaired) electrons. The molecule has 1 aliphatic rings. The summed E-state index contributed by atoms with van der Waals surface area (Å²) in [5.74, 6) is -0.693. The van der Waals surface area contributed by atoms with Gasteiger partial charge >= 0.3 is 5.97 Å². The van der Waals surface area contributed by atoms with Gasteiger partial charge in [-0.2, -0.15) is 0 Å². The number of hydrogen-bond acceptors (Lipinski definition) is 3. The number of piperidine rings is 1. The maximum absolute atomic E-state index is 10.9. The maximum atomic E-state index is 10.9. The van der Waals surface area contributed by atoms with Crippen molar-refractivity contribution in [3.05, 3.63) is 0 Å². The van der Waals surface area contributed by atoms with Crippen molar-refractivity contribution in [2.45, 2.75) is 32.2 Å². The predicted molar refractivity (Wildman–Crippen MR) is 60.6 cm³/mol. The van der Waals surface area contributed by atoms with E-state index in [2.05, 4.69) is 0 Å². The van der Waals surface area contributed by atoms with Gasteiger partial charge in [0.05, 0.1) is 6.61 Å². The summed E-state index contributed by atoms with van der Waals surface area (Å²) < 4.78 is 5.23. The van der Waals surface area contributed by atoms with E-state index in [1.54, 1.807) is 0 Å². The van der Waals surface area contributed by atoms with Gasteiger partial charge in [-0.3, -0.25) is 9.69 Å². The Morgan fingerprint density at radius 1 is 1.53 bits per heavy atom. The molecule has 1 fully saturated rings. The molecule has 1 rings (SSSR count). The number of halogens is 1. The molecule has 1 N–H and O–H groups in total. The van der Waals surface area contributed by atoms with Crippen molar-refractivity contribution in [3.8, 4) is 0 Å². The minimum atomic E-state index is -0.693. The molecule has 0 saturated carbocycles. The van der Waals surface area contributed by atoms with E-state index < -0.39 is 5.97 Å². The second kappa shape index (κ2) is 7.91. The van der Waals surface area contributed by atoms with E-state index in [1.165, 1.54) is 0 Å². The number of rotatable bonds is 5. The van der Waals surface area contributed by atoms with Crippen molar-refractivity contribution in [1.29, 1.82) is 0 Å². The number of carboxylic acid groups (broad SMARTS) is 1. The second-order valence-corrected chi connectivity index (χ2v) is 3.58. The lowest BCUT2D eigenvalue weighted by molar-refractivity contribution is -0.144. The van der Waals surface area contributed by atoms with Crippen molar-refractivity contribution in [3.63, 3.8) is 0 Å². The van der Waals surface area contributed by atoms with Crippen LogP contribution >= 0.6 is 12.4 Å². The molecule has 1 aliphatic heterocycles. The van der Waals surface area contributed by atoms with Crippen LogP contribution in [0.2, 0.25) is 0 Å². The van der Waals surface area contributed by atoms with Gasteiger partial charge in [-0.05, 0) is 26.3 Å². The van der Waals surface area contributed by atoms with Gasteiger partial charge in [0.25, 0.3) is 0 Å². The minimum absolute atomic E-state index is 0. The third-order valence-electron chi connectivity index (χ3n) is 2.63. The molecule has 15 heavy (non-hydrogen) atoms. The van der Waals surface area contributed by atoms with Gasteiger partial charge in [-0.1, -0.05) is 6.42 Å². The number of likely N-dealkylation sites (tertiary alicyclic amines) is 1. The highest BCUT2D eigenvalue weighted by Crippen LogP contribution is 2.16. The lowest BCUT2D eigenvalue weighted by Gasteiger charge is -2.32. The molecule has 4 nitrogen and oxygen atoms in total. The van der Waals surface area contributed by atoms with Crippen LogP contribution in [0.3, 0.4) is 0 Å². The summed E-state index contributed by atoms with van der Waals surface area (Å²) in [5.41, 5.74) is 0. The molecule has 1 saturated heterocycles. The SMILES string of the molecule is CCOCCN1CCCCC1C(=O)O.Cl. The Hall–Kier alpha value is -0.320. The van der Waals surface area contributed by atoms with Crippen molar-refractivity contribution >= 4 is 18.4 Å². The van der Waals surface area contributed by atoms with Gasteiger partial charge in [-0.25, -0.2) is 0 Å². The van der Waals surface area contributed by atoms with Crippen LogP contribution in [0.1, 0.15) is 26.2 Å². The molecule has 90 valence electrons. The zero-order chi connectivity index (χ0) is 10.4. The van der Waals surface area contributed by atoms with Crippen molar-refractivity contribution < 1.29 is 14.6 Å². The van der Waals surface area contributed by atoms with Crippen molar-refractivity contribution in [1.82, 2.24) is 4.90 Å². The van der Waals surface area contributed by atoms with Gasteiger partial charge in [0.1, 0.15) is 6.04 Å². The highest BCUT2D eigenvalue weighted by Gasteiger charge is 2.27. The molecule has 0 aromatic heterocycles. The Balaban J connectivity index is 0.00000196. The quantitative estimate of drug-likeness (QED) is 0.734. The fourth-order valence-electron chi connectivity index (χ4n) is 1.86. The summed E-state index contributed by atoms with van der Waals surface area (Å²) in [7, 11) is 0. The van der Waals surface area contributed by atoms with Crippen LogP contribution in [0.25, 0.3) is 0 Å². The fraction of sp³-hybridized carbons (Fsp3) is 0.900. The normalized spacial score (nSPS) is 22.1. The molecule has 5 heteroatoms. The number of aliphatic carboxylic acids is 1. The zero-order valence-electron chi connectivity index (χ0n) is 9.15. The Kier molecular flexibility index (Phi) is 7.74. The summed E-state index contributed by atoms with van der Waals surface area (Å²) in [5, 5.41) is 8.98. The summed E-state index contributed by atoms with van der Waals surface area (Å²) in [4.78, 5) is 12.9. The topological polar surface area (TPSA) is 49.8 Å². The Bertz CT molecular complexity index is 190. The molecule has 0 aliphatic carbocycles. The van der Waals surface area contributed by atoms with Crippen LogP contribution in [-0.4, -0.2) is 48.3 Å². The minimum Gasteiger partial charge on any atom is -0.480 e. The largest absolute Gasteiger partial charge is 0.480 e. The molecule has 0 spiro atoms. The monoisotopic (exact) mass is 237 g/mol. The first-order valence-corrected chi connectivity index (χ1v) is 5.30. The molecule has 0 bridgehead atoms. The average molecular weight is 238 g/mol. The first-order chi connectivity index (χ1) is 6.75. The van der Waals surface area contributed by atoms with Crippen molar-refractivity contribution in [2.75, 3.05) is 26.3 Å². The maximum Gasteiger partial charge on any atom is 0.320 e. The summed E-state index contributed by atoms with van der Waals surface area (Å²) >= 11 is 0. The van der Waals surface area contributed by atoms with Gasteiger partial charge in [0, 0.05) is 13.2 Å². The highest BCUT2D eigenvalue weighted by molar-refractivity contribution is 5.85. The second-order valence-electron chi connectivity index (χ2n) is 3.58. The van der Waals surface area contributed by atoms with Crippen LogP contribution in [-0.2, 0) is 9.53 Å². The van der Waals surface area contributed by atoms with E-state index in [-0.39, 0.29) is 18.4 Å². The Morgan fingerprint density at radius 3 is 2.87 bits per heavy atom. The third kappa shape index (κ3) is 4.82. The predicted octanol–water partition coefficient (Wildman–Crippen LogP) is 1.38. The van der Waals surface area contributed by atoms with Crippen molar-refractivity contribution in [2.24, 2.45) is 0 Å². The summed E-state index contributed by atoms with van der Waals surface area (Å²) in [6.07, 6.45) is 2.92. The molecule has 0 aromatic rings. The molecule has 1 heterocycles. The third-order valence-corrected chi connectivity index (χ3v) is 2.63. The lowest BCUT2D eigenvalue weighted by atomic mass is 10.0. The lowest BCUT2D eigenvalue weighted by Crippen LogP contribution is -2.46. The van der Waals surface area contributed by atoms with Gasteiger partial charge in [-0.15, -0.1) is 12.4 Å². The summed E-state index contributed by atoms with van der Waals surface area (Å²) in [6, 6.07) is -0.288. The molecular weight excluding hydrogens is 218 g/mol. The van der Waals surface area contributed by atoms with Crippen LogP contribution in [0, 0.1) is 0 Å². The number of carboxylic acids is 1. The van der Waals surface area contributed by atoms with E-state index in [0.29, 0.717) is 13.2 Å².